The van der Waals surface area contributed by atoms with Crippen molar-refractivity contribution in [3.63, 3.8) is 0 Å². The van der Waals surface area contributed by atoms with Gasteiger partial charge in [0, 0.05) is 46.5 Å². The molecule has 6 nitrogen and oxygen atoms in total. The van der Waals surface area contributed by atoms with Gasteiger partial charge in [-0.2, -0.15) is 5.26 Å². The van der Waals surface area contributed by atoms with E-state index in [1.54, 1.807) is 14.1 Å². The Kier molecular flexibility index (Phi) is 5.39. The normalized spacial score (nSPS) is 10.1. The van der Waals surface area contributed by atoms with E-state index in [2.05, 4.69) is 16.7 Å². The molecule has 0 atom stereocenters. The lowest BCUT2D eigenvalue weighted by Gasteiger charge is -2.12. The van der Waals surface area contributed by atoms with Gasteiger partial charge in [-0.05, 0) is 18.6 Å². The molecular weight excluding hydrogens is 242 g/mol. The molecule has 1 aromatic rings. The molecule has 19 heavy (non-hydrogen) atoms. The molecule has 0 saturated heterocycles. The van der Waals surface area contributed by atoms with Gasteiger partial charge in [-0.3, -0.25) is 0 Å². The molecule has 0 fully saturated rings. The summed E-state index contributed by atoms with van der Waals surface area (Å²) in [6, 6.07) is 3.95. The Morgan fingerprint density at radius 1 is 1.47 bits per heavy atom. The molecule has 0 aliphatic heterocycles. The molecule has 1 heterocycles. The predicted octanol–water partition coefficient (Wildman–Crippen LogP) is 0.566. The molecule has 0 unspecified atom stereocenters. The van der Waals surface area contributed by atoms with E-state index >= 15 is 0 Å². The minimum Gasteiger partial charge on any atom is -0.340 e. The number of nitriles is 1. The van der Waals surface area contributed by atoms with Gasteiger partial charge in [-0.1, -0.05) is 0 Å². The molecule has 0 radical (unpaired) electrons. The maximum absolute atomic E-state index is 11.3. The number of hydrogen-bond donors (Lipinski definition) is 2. The zero-order valence-electron chi connectivity index (χ0n) is 11.9. The minimum absolute atomic E-state index is 0.0931. The first-order valence-electron chi connectivity index (χ1n) is 6.18. The molecule has 0 saturated carbocycles. The second-order valence-corrected chi connectivity index (χ2v) is 4.61. The number of urea groups is 1. The third-order valence-corrected chi connectivity index (χ3v) is 3.05. The van der Waals surface area contributed by atoms with Crippen molar-refractivity contribution in [1.29, 1.82) is 5.26 Å². The van der Waals surface area contributed by atoms with E-state index in [0.717, 1.165) is 11.3 Å². The Balaban J connectivity index is 2.35. The summed E-state index contributed by atoms with van der Waals surface area (Å²) >= 11 is 0. The van der Waals surface area contributed by atoms with Crippen molar-refractivity contribution in [1.82, 2.24) is 20.1 Å². The fourth-order valence-electron chi connectivity index (χ4n) is 1.69. The van der Waals surface area contributed by atoms with Crippen LogP contribution in [0.3, 0.4) is 0 Å². The Morgan fingerprint density at radius 2 is 2.16 bits per heavy atom. The van der Waals surface area contributed by atoms with Crippen molar-refractivity contribution >= 4 is 6.03 Å². The Hall–Kier alpha value is -2.00. The number of carbonyl (C=O) groups is 1. The lowest BCUT2D eigenvalue weighted by Crippen LogP contribution is -2.38. The van der Waals surface area contributed by atoms with Crippen molar-refractivity contribution in [2.75, 3.05) is 27.2 Å². The van der Waals surface area contributed by atoms with E-state index in [1.165, 1.54) is 4.90 Å². The van der Waals surface area contributed by atoms with Crippen LogP contribution >= 0.6 is 0 Å². The van der Waals surface area contributed by atoms with Crippen LogP contribution in [0.5, 0.6) is 0 Å². The fraction of sp³-hybridized carbons (Fsp3) is 0.538. The molecule has 0 aliphatic carbocycles. The topological polar surface area (TPSA) is 73.1 Å². The first-order chi connectivity index (χ1) is 8.97. The second-order valence-electron chi connectivity index (χ2n) is 4.61. The smallest absolute Gasteiger partial charge is 0.316 e. The Morgan fingerprint density at radius 3 is 2.68 bits per heavy atom. The van der Waals surface area contributed by atoms with E-state index in [-0.39, 0.29) is 6.03 Å². The summed E-state index contributed by atoms with van der Waals surface area (Å²) in [7, 11) is 5.30. The monoisotopic (exact) mass is 263 g/mol. The molecule has 1 aromatic heterocycles. The van der Waals surface area contributed by atoms with Gasteiger partial charge in [-0.15, -0.1) is 0 Å². The Bertz CT molecular complexity index is 484. The van der Waals surface area contributed by atoms with E-state index in [4.69, 9.17) is 5.26 Å². The van der Waals surface area contributed by atoms with Gasteiger partial charge >= 0.3 is 6.03 Å². The number of nitrogens with one attached hydrogen (secondary N) is 2. The largest absolute Gasteiger partial charge is 0.340 e. The number of rotatable bonds is 5. The Labute approximate surface area is 114 Å². The van der Waals surface area contributed by atoms with E-state index < -0.39 is 0 Å². The van der Waals surface area contributed by atoms with Crippen LogP contribution < -0.4 is 10.6 Å². The summed E-state index contributed by atoms with van der Waals surface area (Å²) in [4.78, 5) is 12.8. The average molecular weight is 263 g/mol. The van der Waals surface area contributed by atoms with Crippen LogP contribution in [-0.4, -0.2) is 42.7 Å². The third kappa shape index (κ3) is 4.00. The first kappa shape index (κ1) is 15.1. The molecule has 2 N–H and O–H groups in total. The molecule has 6 heteroatoms. The quantitative estimate of drug-likeness (QED) is 0.763. The van der Waals surface area contributed by atoms with E-state index in [1.807, 2.05) is 24.6 Å². The van der Waals surface area contributed by atoms with Crippen molar-refractivity contribution < 1.29 is 4.79 Å². The van der Waals surface area contributed by atoms with Gasteiger partial charge in [0.2, 0.25) is 0 Å². The number of hydrogen-bond acceptors (Lipinski definition) is 3. The highest BCUT2D eigenvalue weighted by molar-refractivity contribution is 5.73. The summed E-state index contributed by atoms with van der Waals surface area (Å²) < 4.78 is 1.88. The van der Waals surface area contributed by atoms with Crippen molar-refractivity contribution in [2.45, 2.75) is 13.5 Å². The highest BCUT2D eigenvalue weighted by Gasteiger charge is 2.07. The second kappa shape index (κ2) is 6.81. The highest BCUT2D eigenvalue weighted by Crippen LogP contribution is 2.12. The van der Waals surface area contributed by atoms with Gasteiger partial charge in [0.25, 0.3) is 0 Å². The molecular formula is C13H21N5O. The van der Waals surface area contributed by atoms with Gasteiger partial charge in [0.15, 0.2) is 0 Å². The van der Waals surface area contributed by atoms with Crippen molar-refractivity contribution in [2.24, 2.45) is 7.05 Å². The fourth-order valence-corrected chi connectivity index (χ4v) is 1.69. The maximum atomic E-state index is 11.3. The molecule has 2 amide bonds. The van der Waals surface area contributed by atoms with Crippen LogP contribution in [-0.2, 0) is 13.6 Å². The predicted molar refractivity (Wildman–Crippen MR) is 73.7 cm³/mol. The molecule has 0 bridgehead atoms. The van der Waals surface area contributed by atoms with Crippen LogP contribution in [0.4, 0.5) is 4.79 Å². The van der Waals surface area contributed by atoms with Crippen LogP contribution in [0.1, 0.15) is 17.0 Å². The lowest BCUT2D eigenvalue weighted by atomic mass is 10.2. The molecule has 0 aromatic carbocycles. The van der Waals surface area contributed by atoms with Crippen LogP contribution in [0.25, 0.3) is 0 Å². The third-order valence-electron chi connectivity index (χ3n) is 3.05. The summed E-state index contributed by atoms with van der Waals surface area (Å²) in [5, 5.41) is 15.0. The summed E-state index contributed by atoms with van der Waals surface area (Å²) in [5.41, 5.74) is 2.86. The van der Waals surface area contributed by atoms with Crippen molar-refractivity contribution in [3.8, 4) is 6.07 Å². The van der Waals surface area contributed by atoms with Gasteiger partial charge in [0.1, 0.15) is 11.8 Å². The zero-order chi connectivity index (χ0) is 14.4. The molecule has 0 aliphatic rings. The van der Waals surface area contributed by atoms with Crippen LogP contribution in [0.2, 0.25) is 0 Å². The van der Waals surface area contributed by atoms with Gasteiger partial charge in [0.05, 0.1) is 0 Å². The van der Waals surface area contributed by atoms with E-state index in [9.17, 15) is 4.79 Å². The molecule has 0 spiro atoms. The summed E-state index contributed by atoms with van der Waals surface area (Å²) in [5.74, 6) is 0. The minimum atomic E-state index is -0.0931. The number of carbonyl (C=O) groups excluding carboxylic acids is 1. The maximum Gasteiger partial charge on any atom is 0.316 e. The molecule has 104 valence electrons. The summed E-state index contributed by atoms with van der Waals surface area (Å²) in [6.45, 7) is 3.95. The number of amides is 2. The van der Waals surface area contributed by atoms with Gasteiger partial charge in [-0.25, -0.2) is 4.79 Å². The molecule has 1 rings (SSSR count). The standard InChI is InChI=1S/C13H21N5O/c1-10-11(7-12(8-14)18(10)4)9-15-5-6-16-13(19)17(2)3/h7,15H,5-6,9H2,1-4H3,(H,16,19). The van der Waals surface area contributed by atoms with Crippen LogP contribution in [0.15, 0.2) is 6.07 Å². The SMILES string of the molecule is Cc1c(CNCCNC(=O)N(C)C)cc(C#N)n1C. The number of nitrogens with zero attached hydrogens (tertiary/aromatic N) is 3. The summed E-state index contributed by atoms with van der Waals surface area (Å²) in [6.07, 6.45) is 0. The zero-order valence-corrected chi connectivity index (χ0v) is 11.9. The highest BCUT2D eigenvalue weighted by atomic mass is 16.2. The van der Waals surface area contributed by atoms with Gasteiger partial charge < -0.3 is 20.1 Å². The number of aromatic nitrogens is 1. The first-order valence-corrected chi connectivity index (χ1v) is 6.18. The van der Waals surface area contributed by atoms with Crippen molar-refractivity contribution in [3.05, 3.63) is 23.0 Å². The van der Waals surface area contributed by atoms with Crippen LogP contribution in [0, 0.1) is 18.3 Å². The average Bonchev–Trinajstić information content (AvgIpc) is 2.65. The lowest BCUT2D eigenvalue weighted by molar-refractivity contribution is 0.217. The van der Waals surface area contributed by atoms with E-state index in [0.29, 0.717) is 25.3 Å².